The normalized spacial score (nSPS) is 15.1. The number of para-hydroxylation sites is 1. The molecule has 3 aromatic rings. The van der Waals surface area contributed by atoms with Gasteiger partial charge >= 0.3 is 18.2 Å². The third kappa shape index (κ3) is 6.19. The maximum Gasteiger partial charge on any atom is 0.418 e. The molecule has 0 saturated heterocycles. The number of carboxylic acid groups (broad SMARTS) is 1. The number of hydrogen-bond acceptors (Lipinski definition) is 3. The van der Waals surface area contributed by atoms with Crippen molar-refractivity contribution in [2.24, 2.45) is 5.92 Å². The number of carboxylic acids is 1. The van der Waals surface area contributed by atoms with Crippen molar-refractivity contribution in [3.8, 4) is 0 Å². The SMILES string of the molecule is O=C(Nc1cc2ccccc2cc1C(=O)N[C@H](C(=O)O)C1CCCCC1)Nc1c(Cl)cccc1C(F)(F)F. The van der Waals surface area contributed by atoms with Gasteiger partial charge in [-0.1, -0.05) is 61.2 Å². The maximum atomic E-state index is 13.5. The van der Waals surface area contributed by atoms with Crippen LogP contribution in [0.5, 0.6) is 0 Å². The van der Waals surface area contributed by atoms with Gasteiger partial charge in [-0.05, 0) is 53.8 Å². The van der Waals surface area contributed by atoms with Crippen LogP contribution in [0.2, 0.25) is 5.02 Å². The molecule has 1 atom stereocenters. The number of rotatable bonds is 6. The second-order valence-corrected chi connectivity index (χ2v) is 9.58. The number of alkyl halides is 3. The van der Waals surface area contributed by atoms with Gasteiger partial charge in [-0.3, -0.25) is 4.79 Å². The Hall–Kier alpha value is -3.79. The van der Waals surface area contributed by atoms with E-state index >= 15 is 0 Å². The Morgan fingerprint density at radius 3 is 2.21 bits per heavy atom. The summed E-state index contributed by atoms with van der Waals surface area (Å²) in [7, 11) is 0. The van der Waals surface area contributed by atoms with E-state index in [-0.39, 0.29) is 22.2 Å². The summed E-state index contributed by atoms with van der Waals surface area (Å²) in [4.78, 5) is 38.1. The molecule has 0 spiro atoms. The highest BCUT2D eigenvalue weighted by Crippen LogP contribution is 2.38. The molecule has 38 heavy (non-hydrogen) atoms. The highest BCUT2D eigenvalue weighted by atomic mass is 35.5. The number of anilines is 2. The minimum atomic E-state index is -4.77. The number of amides is 3. The van der Waals surface area contributed by atoms with Crippen LogP contribution in [0.15, 0.2) is 54.6 Å². The monoisotopic (exact) mass is 547 g/mol. The van der Waals surface area contributed by atoms with Crippen LogP contribution in [0.25, 0.3) is 10.8 Å². The number of benzene rings is 3. The zero-order valence-corrected chi connectivity index (χ0v) is 20.8. The minimum Gasteiger partial charge on any atom is -0.480 e. The molecule has 7 nitrogen and oxygen atoms in total. The molecule has 0 heterocycles. The van der Waals surface area contributed by atoms with Crippen molar-refractivity contribution in [1.29, 1.82) is 0 Å². The quantitative estimate of drug-likeness (QED) is 0.269. The average molecular weight is 548 g/mol. The van der Waals surface area contributed by atoms with E-state index in [0.29, 0.717) is 23.6 Å². The van der Waals surface area contributed by atoms with Crippen molar-refractivity contribution in [1.82, 2.24) is 5.32 Å². The van der Waals surface area contributed by atoms with Crippen LogP contribution in [0.1, 0.15) is 48.0 Å². The molecule has 1 aliphatic rings. The predicted molar refractivity (Wildman–Crippen MR) is 139 cm³/mol. The standard InChI is InChI=1S/C27H25ClF3N3O4/c28-20-12-6-11-19(27(29,30)31)23(20)34-26(38)32-21-14-17-10-5-4-9-16(17)13-18(21)24(35)33-22(25(36)37)15-7-2-1-3-8-15/h4-6,9-15,22H,1-3,7-8H2,(H,33,35)(H,36,37)(H2,32,34,38)/t22-/m0/s1. The van der Waals surface area contributed by atoms with Crippen LogP contribution in [0, 0.1) is 5.92 Å². The fourth-order valence-electron chi connectivity index (χ4n) is 4.75. The lowest BCUT2D eigenvalue weighted by atomic mass is 9.83. The van der Waals surface area contributed by atoms with Gasteiger partial charge < -0.3 is 21.1 Å². The van der Waals surface area contributed by atoms with Gasteiger partial charge in [-0.25, -0.2) is 9.59 Å². The fourth-order valence-corrected chi connectivity index (χ4v) is 4.98. The van der Waals surface area contributed by atoms with Gasteiger partial charge in [-0.2, -0.15) is 13.2 Å². The van der Waals surface area contributed by atoms with E-state index in [1.165, 1.54) is 18.2 Å². The number of carbonyl (C=O) groups is 3. The summed E-state index contributed by atoms with van der Waals surface area (Å²) in [5.41, 5.74) is -1.80. The molecule has 11 heteroatoms. The Morgan fingerprint density at radius 1 is 0.921 bits per heavy atom. The van der Waals surface area contributed by atoms with Crippen LogP contribution >= 0.6 is 11.6 Å². The van der Waals surface area contributed by atoms with E-state index in [2.05, 4.69) is 16.0 Å². The smallest absolute Gasteiger partial charge is 0.418 e. The highest BCUT2D eigenvalue weighted by Gasteiger charge is 2.35. The molecule has 200 valence electrons. The number of aliphatic carboxylic acids is 1. The minimum absolute atomic E-state index is 0.00732. The highest BCUT2D eigenvalue weighted by molar-refractivity contribution is 6.34. The van der Waals surface area contributed by atoms with Crippen molar-refractivity contribution in [3.05, 3.63) is 70.7 Å². The first-order valence-corrected chi connectivity index (χ1v) is 12.4. The van der Waals surface area contributed by atoms with Crippen molar-refractivity contribution < 1.29 is 32.7 Å². The molecule has 0 radical (unpaired) electrons. The predicted octanol–water partition coefficient (Wildman–Crippen LogP) is 6.92. The lowest BCUT2D eigenvalue weighted by molar-refractivity contribution is -0.141. The van der Waals surface area contributed by atoms with Crippen molar-refractivity contribution in [2.75, 3.05) is 10.6 Å². The first-order valence-electron chi connectivity index (χ1n) is 12.0. The van der Waals surface area contributed by atoms with Crippen molar-refractivity contribution >= 4 is 51.7 Å². The average Bonchev–Trinajstić information content (AvgIpc) is 2.87. The third-order valence-corrected chi connectivity index (χ3v) is 6.93. The molecule has 0 bridgehead atoms. The summed E-state index contributed by atoms with van der Waals surface area (Å²) >= 11 is 5.94. The fraction of sp³-hybridized carbons (Fsp3) is 0.296. The summed E-state index contributed by atoms with van der Waals surface area (Å²) in [5.74, 6) is -2.11. The van der Waals surface area contributed by atoms with E-state index in [0.717, 1.165) is 31.4 Å². The Labute approximate surface area is 221 Å². The lowest BCUT2D eigenvalue weighted by Gasteiger charge is -2.28. The summed E-state index contributed by atoms with van der Waals surface area (Å²) in [6.45, 7) is 0. The van der Waals surface area contributed by atoms with Gasteiger partial charge in [0.25, 0.3) is 5.91 Å². The molecule has 1 saturated carbocycles. The molecule has 3 aromatic carbocycles. The van der Waals surface area contributed by atoms with Crippen molar-refractivity contribution in [2.45, 2.75) is 44.3 Å². The van der Waals surface area contributed by atoms with Crippen molar-refractivity contribution in [3.63, 3.8) is 0 Å². The van der Waals surface area contributed by atoms with Crippen LogP contribution < -0.4 is 16.0 Å². The van der Waals surface area contributed by atoms with Gasteiger partial charge in [0.05, 0.1) is 27.5 Å². The maximum absolute atomic E-state index is 13.5. The molecule has 4 N–H and O–H groups in total. The zero-order valence-electron chi connectivity index (χ0n) is 20.1. The molecular weight excluding hydrogens is 523 g/mol. The van der Waals surface area contributed by atoms with Crippen LogP contribution in [-0.4, -0.2) is 29.1 Å². The Morgan fingerprint density at radius 2 is 1.58 bits per heavy atom. The van der Waals surface area contributed by atoms with Crippen LogP contribution in [0.3, 0.4) is 0 Å². The molecule has 0 aliphatic heterocycles. The summed E-state index contributed by atoms with van der Waals surface area (Å²) in [5, 5.41) is 17.9. The van der Waals surface area contributed by atoms with Crippen LogP contribution in [0.4, 0.5) is 29.3 Å². The van der Waals surface area contributed by atoms with Gasteiger partial charge in [0.1, 0.15) is 6.04 Å². The number of hydrogen-bond donors (Lipinski definition) is 4. The molecule has 3 amide bonds. The summed E-state index contributed by atoms with van der Waals surface area (Å²) in [6.07, 6.45) is -0.688. The summed E-state index contributed by atoms with van der Waals surface area (Å²) in [6, 6.07) is 10.9. The van der Waals surface area contributed by atoms with Gasteiger partial charge in [0, 0.05) is 0 Å². The second-order valence-electron chi connectivity index (χ2n) is 9.17. The first-order chi connectivity index (χ1) is 18.0. The zero-order chi connectivity index (χ0) is 27.4. The Bertz CT molecular complexity index is 1370. The molecule has 4 rings (SSSR count). The molecule has 1 aliphatic carbocycles. The van der Waals surface area contributed by atoms with Gasteiger partial charge in [0.15, 0.2) is 0 Å². The van der Waals surface area contributed by atoms with E-state index in [9.17, 15) is 32.7 Å². The Balaban J connectivity index is 1.64. The second kappa shape index (κ2) is 11.3. The number of carbonyl (C=O) groups excluding carboxylic acids is 2. The Kier molecular flexibility index (Phi) is 8.11. The van der Waals surface area contributed by atoms with Gasteiger partial charge in [0.2, 0.25) is 0 Å². The number of nitrogens with one attached hydrogen (secondary N) is 3. The number of halogens is 4. The molecule has 0 unspecified atom stereocenters. The van der Waals surface area contributed by atoms with E-state index in [4.69, 9.17) is 11.6 Å². The molecular formula is C27H25ClF3N3O4. The lowest BCUT2D eigenvalue weighted by Crippen LogP contribution is -2.46. The topological polar surface area (TPSA) is 108 Å². The first kappa shape index (κ1) is 27.3. The van der Waals surface area contributed by atoms with E-state index in [1.54, 1.807) is 24.3 Å². The number of fused-ring (bicyclic) bond motifs is 1. The van der Waals surface area contributed by atoms with Gasteiger partial charge in [-0.15, -0.1) is 0 Å². The van der Waals surface area contributed by atoms with Crippen LogP contribution in [-0.2, 0) is 11.0 Å². The molecule has 0 aromatic heterocycles. The summed E-state index contributed by atoms with van der Waals surface area (Å²) < 4.78 is 40.4. The number of urea groups is 1. The van der Waals surface area contributed by atoms with E-state index in [1.807, 2.05) is 0 Å². The molecule has 1 fully saturated rings. The third-order valence-electron chi connectivity index (χ3n) is 6.61. The largest absolute Gasteiger partial charge is 0.480 e. The van der Waals surface area contributed by atoms with E-state index < -0.39 is 41.4 Å².